The molecule has 0 saturated heterocycles. The van der Waals surface area contributed by atoms with Gasteiger partial charge in [0.25, 0.3) is 0 Å². The monoisotopic (exact) mass is 540 g/mol. The Balaban J connectivity index is 1.58. The summed E-state index contributed by atoms with van der Waals surface area (Å²) in [6, 6.07) is 16.9. The van der Waals surface area contributed by atoms with Gasteiger partial charge in [0.2, 0.25) is 0 Å². The van der Waals surface area contributed by atoms with Crippen LogP contribution in [0.4, 0.5) is 18.9 Å². The minimum Gasteiger partial charge on any atom is -0.389 e. The van der Waals surface area contributed by atoms with Crippen LogP contribution in [-0.2, 0) is 12.7 Å². The second-order valence-corrected chi connectivity index (χ2v) is 8.88. The van der Waals surface area contributed by atoms with Gasteiger partial charge in [0, 0.05) is 43.0 Å². The number of aromatic nitrogens is 1. The zero-order valence-corrected chi connectivity index (χ0v) is 18.7. The second kappa shape index (κ2) is 8.24. The van der Waals surface area contributed by atoms with Crippen molar-refractivity contribution in [2.75, 3.05) is 11.9 Å². The van der Waals surface area contributed by atoms with Crippen molar-refractivity contribution in [2.24, 2.45) is 0 Å². The van der Waals surface area contributed by atoms with E-state index in [0.29, 0.717) is 12.2 Å². The van der Waals surface area contributed by atoms with Crippen LogP contribution in [0.1, 0.15) is 5.56 Å². The van der Waals surface area contributed by atoms with Crippen LogP contribution in [0.15, 0.2) is 69.6 Å². The van der Waals surface area contributed by atoms with Gasteiger partial charge < -0.3 is 15.0 Å². The molecular formula is C22H17Br2F3N2O. The van der Waals surface area contributed by atoms with Crippen LogP contribution in [0.25, 0.3) is 21.8 Å². The molecule has 8 heteroatoms. The third kappa shape index (κ3) is 4.36. The maximum Gasteiger partial charge on any atom is 0.416 e. The van der Waals surface area contributed by atoms with Crippen LogP contribution in [0.5, 0.6) is 0 Å². The molecule has 156 valence electrons. The zero-order chi connectivity index (χ0) is 21.5. The number of rotatable bonds is 5. The van der Waals surface area contributed by atoms with Gasteiger partial charge in [0.05, 0.1) is 18.2 Å². The standard InChI is InChI=1S/C22H17Br2F3N2O/c23-14-4-6-20-18(9-14)19-10-15(24)5-7-21(19)29(20)12-17(30)11-28-16-3-1-2-13(8-16)22(25,26)27/h1-10,17,28,30H,11-12H2/t17-/m0/s1. The van der Waals surface area contributed by atoms with Crippen LogP contribution in [0.2, 0.25) is 0 Å². The first-order valence-corrected chi connectivity index (χ1v) is 10.8. The van der Waals surface area contributed by atoms with Gasteiger partial charge in [-0.3, -0.25) is 0 Å². The number of fused-ring (bicyclic) bond motifs is 3. The van der Waals surface area contributed by atoms with Crippen molar-refractivity contribution in [1.82, 2.24) is 4.57 Å². The summed E-state index contributed by atoms with van der Waals surface area (Å²) in [5, 5.41) is 15.6. The van der Waals surface area contributed by atoms with E-state index in [4.69, 9.17) is 0 Å². The smallest absolute Gasteiger partial charge is 0.389 e. The highest BCUT2D eigenvalue weighted by Gasteiger charge is 2.30. The predicted octanol–water partition coefficient (Wildman–Crippen LogP) is 6.81. The predicted molar refractivity (Wildman–Crippen MR) is 121 cm³/mol. The van der Waals surface area contributed by atoms with Crippen molar-refractivity contribution < 1.29 is 18.3 Å². The second-order valence-electron chi connectivity index (χ2n) is 7.05. The van der Waals surface area contributed by atoms with E-state index in [0.717, 1.165) is 42.9 Å². The number of anilines is 1. The van der Waals surface area contributed by atoms with E-state index in [9.17, 15) is 18.3 Å². The molecule has 0 aliphatic heterocycles. The molecular weight excluding hydrogens is 525 g/mol. The van der Waals surface area contributed by atoms with Gasteiger partial charge in [-0.05, 0) is 54.6 Å². The fourth-order valence-electron chi connectivity index (χ4n) is 3.56. The fraction of sp³-hybridized carbons (Fsp3) is 0.182. The minimum atomic E-state index is -4.40. The summed E-state index contributed by atoms with van der Waals surface area (Å²) in [6.45, 7) is 0.421. The minimum absolute atomic E-state index is 0.121. The molecule has 0 aliphatic carbocycles. The Morgan fingerprint density at radius 1 is 0.900 bits per heavy atom. The average molecular weight is 542 g/mol. The molecule has 30 heavy (non-hydrogen) atoms. The SMILES string of the molecule is O[C@@H](CNc1cccc(C(F)(F)F)c1)Cn1c2ccc(Br)cc2c2cc(Br)ccc21. The van der Waals surface area contributed by atoms with Gasteiger partial charge in [-0.2, -0.15) is 13.2 Å². The van der Waals surface area contributed by atoms with Gasteiger partial charge in [-0.15, -0.1) is 0 Å². The summed E-state index contributed by atoms with van der Waals surface area (Å²) in [5.74, 6) is 0. The average Bonchev–Trinajstić information content (AvgIpc) is 2.98. The lowest BCUT2D eigenvalue weighted by atomic mass is 10.2. The Morgan fingerprint density at radius 3 is 2.07 bits per heavy atom. The first-order valence-electron chi connectivity index (χ1n) is 9.18. The Bertz CT molecular complexity index is 1160. The van der Waals surface area contributed by atoms with Crippen LogP contribution in [0.3, 0.4) is 0 Å². The third-order valence-electron chi connectivity index (χ3n) is 4.91. The van der Waals surface area contributed by atoms with Gasteiger partial charge in [0.1, 0.15) is 0 Å². The maximum absolute atomic E-state index is 12.9. The number of halogens is 5. The molecule has 1 atom stereocenters. The van der Waals surface area contributed by atoms with Crippen LogP contribution in [0, 0.1) is 0 Å². The molecule has 0 spiro atoms. The molecule has 0 fully saturated rings. The van der Waals surface area contributed by atoms with Crippen LogP contribution in [-0.4, -0.2) is 22.3 Å². The number of aliphatic hydroxyl groups excluding tert-OH is 1. The first kappa shape index (κ1) is 21.2. The molecule has 0 amide bonds. The number of nitrogens with one attached hydrogen (secondary N) is 1. The molecule has 1 heterocycles. The van der Waals surface area contributed by atoms with E-state index in [-0.39, 0.29) is 6.54 Å². The third-order valence-corrected chi connectivity index (χ3v) is 5.90. The van der Waals surface area contributed by atoms with E-state index in [1.54, 1.807) is 6.07 Å². The molecule has 4 aromatic rings. The summed E-state index contributed by atoms with van der Waals surface area (Å²) in [6.07, 6.45) is -5.20. The van der Waals surface area contributed by atoms with Crippen molar-refractivity contribution in [3.05, 3.63) is 75.2 Å². The molecule has 0 aliphatic rings. The number of alkyl halides is 3. The van der Waals surface area contributed by atoms with E-state index >= 15 is 0 Å². The molecule has 0 bridgehead atoms. The van der Waals surface area contributed by atoms with E-state index in [1.807, 2.05) is 41.0 Å². The van der Waals surface area contributed by atoms with Gasteiger partial charge in [-0.1, -0.05) is 37.9 Å². The molecule has 0 radical (unpaired) electrons. The quantitative estimate of drug-likeness (QED) is 0.291. The Labute approximate surface area is 187 Å². The van der Waals surface area contributed by atoms with Crippen LogP contribution < -0.4 is 5.32 Å². The van der Waals surface area contributed by atoms with Crippen molar-refractivity contribution in [3.63, 3.8) is 0 Å². The lowest BCUT2D eigenvalue weighted by Gasteiger charge is -2.16. The molecule has 4 rings (SSSR count). The highest BCUT2D eigenvalue weighted by atomic mass is 79.9. The van der Waals surface area contributed by atoms with Crippen molar-refractivity contribution >= 4 is 59.4 Å². The summed E-state index contributed by atoms with van der Waals surface area (Å²) in [7, 11) is 0. The number of hydrogen-bond donors (Lipinski definition) is 2. The fourth-order valence-corrected chi connectivity index (χ4v) is 4.28. The Hall–Kier alpha value is -2.03. The highest BCUT2D eigenvalue weighted by molar-refractivity contribution is 9.10. The van der Waals surface area contributed by atoms with Gasteiger partial charge in [-0.25, -0.2) is 0 Å². The topological polar surface area (TPSA) is 37.2 Å². The molecule has 3 aromatic carbocycles. The summed E-state index contributed by atoms with van der Waals surface area (Å²) in [4.78, 5) is 0. The number of aliphatic hydroxyl groups is 1. The van der Waals surface area contributed by atoms with E-state index in [2.05, 4.69) is 37.2 Å². The summed E-state index contributed by atoms with van der Waals surface area (Å²) < 4.78 is 42.6. The van der Waals surface area contributed by atoms with E-state index < -0.39 is 17.8 Å². The lowest BCUT2D eigenvalue weighted by molar-refractivity contribution is -0.137. The zero-order valence-electron chi connectivity index (χ0n) is 15.5. The van der Waals surface area contributed by atoms with Crippen LogP contribution >= 0.6 is 31.9 Å². The lowest BCUT2D eigenvalue weighted by Crippen LogP contribution is -2.25. The largest absolute Gasteiger partial charge is 0.416 e. The maximum atomic E-state index is 12.9. The van der Waals surface area contributed by atoms with Gasteiger partial charge >= 0.3 is 6.18 Å². The van der Waals surface area contributed by atoms with Crippen molar-refractivity contribution in [1.29, 1.82) is 0 Å². The molecule has 1 aromatic heterocycles. The Morgan fingerprint density at radius 2 is 1.50 bits per heavy atom. The molecule has 0 saturated carbocycles. The molecule has 3 nitrogen and oxygen atoms in total. The number of benzene rings is 3. The normalized spacial score (nSPS) is 13.1. The molecule has 0 unspecified atom stereocenters. The highest BCUT2D eigenvalue weighted by Crippen LogP contribution is 2.33. The van der Waals surface area contributed by atoms with Crippen molar-refractivity contribution in [2.45, 2.75) is 18.8 Å². The summed E-state index contributed by atoms with van der Waals surface area (Å²) >= 11 is 7.01. The van der Waals surface area contributed by atoms with Gasteiger partial charge in [0.15, 0.2) is 0 Å². The Kier molecular flexibility index (Phi) is 5.83. The van der Waals surface area contributed by atoms with E-state index in [1.165, 1.54) is 6.07 Å². The number of nitrogens with zero attached hydrogens (tertiary/aromatic N) is 1. The summed E-state index contributed by atoms with van der Waals surface area (Å²) in [5.41, 5.74) is 1.55. The number of hydrogen-bond acceptors (Lipinski definition) is 2. The van der Waals surface area contributed by atoms with Crippen molar-refractivity contribution in [3.8, 4) is 0 Å². The molecule has 2 N–H and O–H groups in total. The first-order chi connectivity index (χ1) is 14.2.